The summed E-state index contributed by atoms with van der Waals surface area (Å²) in [6.45, 7) is 6.16. The molecule has 1 atom stereocenters. The lowest BCUT2D eigenvalue weighted by atomic mass is 10.0. The monoisotopic (exact) mass is 322 g/mol. The molecule has 1 aromatic rings. The molecule has 0 radical (unpaired) electrons. The van der Waals surface area contributed by atoms with Crippen LogP contribution in [0.15, 0.2) is 0 Å². The highest BCUT2D eigenvalue weighted by Gasteiger charge is 2.31. The number of nitro groups is 1. The maximum absolute atomic E-state index is 11.4. The summed E-state index contributed by atoms with van der Waals surface area (Å²) >= 11 is 0. The van der Waals surface area contributed by atoms with E-state index in [1.165, 1.54) is 0 Å². The Labute approximate surface area is 134 Å². The predicted octanol–water partition coefficient (Wildman–Crippen LogP) is 1.04. The molecule has 23 heavy (non-hydrogen) atoms. The van der Waals surface area contributed by atoms with Crippen LogP contribution in [-0.2, 0) is 4.74 Å². The molecule has 0 unspecified atom stereocenters. The zero-order valence-corrected chi connectivity index (χ0v) is 13.3. The van der Waals surface area contributed by atoms with Gasteiger partial charge in [-0.2, -0.15) is 9.97 Å². The first kappa shape index (κ1) is 15.7. The van der Waals surface area contributed by atoms with Gasteiger partial charge in [0.1, 0.15) is 0 Å². The molecule has 2 N–H and O–H groups in total. The number of anilines is 3. The van der Waals surface area contributed by atoms with E-state index in [9.17, 15) is 10.1 Å². The smallest absolute Gasteiger partial charge is 0.353 e. The van der Waals surface area contributed by atoms with Crippen molar-refractivity contribution in [2.75, 3.05) is 54.9 Å². The third-order valence-electron chi connectivity index (χ3n) is 4.31. The van der Waals surface area contributed by atoms with Crippen molar-refractivity contribution in [3.63, 3.8) is 0 Å². The molecule has 0 bridgehead atoms. The minimum absolute atomic E-state index is 0.0697. The summed E-state index contributed by atoms with van der Waals surface area (Å²) in [6, 6.07) is 0. The molecule has 9 nitrogen and oxygen atoms in total. The Bertz CT molecular complexity index is 590. The Morgan fingerprint density at radius 1 is 1.26 bits per heavy atom. The lowest BCUT2D eigenvalue weighted by Crippen LogP contribution is -2.39. The van der Waals surface area contributed by atoms with Crippen molar-refractivity contribution >= 4 is 23.3 Å². The van der Waals surface area contributed by atoms with Crippen LogP contribution < -0.4 is 15.5 Å². The minimum atomic E-state index is -0.479. The van der Waals surface area contributed by atoms with Crippen LogP contribution in [0.5, 0.6) is 0 Å². The predicted molar refractivity (Wildman–Crippen MR) is 86.7 cm³/mol. The molecule has 2 aliphatic rings. The van der Waals surface area contributed by atoms with E-state index in [0.717, 1.165) is 25.9 Å². The summed E-state index contributed by atoms with van der Waals surface area (Å²) in [4.78, 5) is 23.5. The van der Waals surface area contributed by atoms with E-state index in [1.807, 2.05) is 9.80 Å². The van der Waals surface area contributed by atoms with Crippen LogP contribution in [0.4, 0.5) is 23.3 Å². The molecular formula is C14H22N6O3. The van der Waals surface area contributed by atoms with Gasteiger partial charge in [0.05, 0.1) is 18.1 Å². The third kappa shape index (κ3) is 3.29. The van der Waals surface area contributed by atoms with Crippen LogP contribution >= 0.6 is 0 Å². The number of nitrogens with zero attached hydrogens (tertiary/aromatic N) is 5. The SMILES string of the molecule is C[C@H]1CCCN(c2nc(N3CCOCC3)nc(N)c2[N+](=O)[O-])C1. The van der Waals surface area contributed by atoms with Crippen molar-refractivity contribution in [3.8, 4) is 0 Å². The van der Waals surface area contributed by atoms with Crippen LogP contribution in [0.2, 0.25) is 0 Å². The Morgan fingerprint density at radius 2 is 2.00 bits per heavy atom. The first-order valence-corrected chi connectivity index (χ1v) is 7.96. The second-order valence-electron chi connectivity index (χ2n) is 6.13. The molecule has 0 saturated carbocycles. The summed E-state index contributed by atoms with van der Waals surface area (Å²) in [5.41, 5.74) is 5.71. The fraction of sp³-hybridized carbons (Fsp3) is 0.714. The van der Waals surface area contributed by atoms with E-state index in [0.29, 0.717) is 44.0 Å². The molecule has 0 amide bonds. The van der Waals surface area contributed by atoms with Crippen LogP contribution in [0.1, 0.15) is 19.8 Å². The molecule has 2 fully saturated rings. The Hall–Kier alpha value is -2.16. The van der Waals surface area contributed by atoms with Crippen LogP contribution in [0.3, 0.4) is 0 Å². The summed E-state index contributed by atoms with van der Waals surface area (Å²) < 4.78 is 5.33. The highest BCUT2D eigenvalue weighted by atomic mass is 16.6. The van der Waals surface area contributed by atoms with E-state index in [2.05, 4.69) is 16.9 Å². The van der Waals surface area contributed by atoms with Crippen LogP contribution in [0.25, 0.3) is 0 Å². The second-order valence-corrected chi connectivity index (χ2v) is 6.13. The highest BCUT2D eigenvalue weighted by Crippen LogP contribution is 2.35. The average Bonchev–Trinajstić information content (AvgIpc) is 2.54. The fourth-order valence-electron chi connectivity index (χ4n) is 3.13. The van der Waals surface area contributed by atoms with E-state index < -0.39 is 4.92 Å². The average molecular weight is 322 g/mol. The molecule has 1 aromatic heterocycles. The molecule has 2 saturated heterocycles. The van der Waals surface area contributed by atoms with Gasteiger partial charge in [-0.1, -0.05) is 6.92 Å². The summed E-state index contributed by atoms with van der Waals surface area (Å²) in [7, 11) is 0. The number of hydrogen-bond acceptors (Lipinski definition) is 8. The largest absolute Gasteiger partial charge is 0.378 e. The van der Waals surface area contributed by atoms with Crippen molar-refractivity contribution in [1.29, 1.82) is 0 Å². The number of morpholine rings is 1. The number of ether oxygens (including phenoxy) is 1. The van der Waals surface area contributed by atoms with Gasteiger partial charge in [-0.15, -0.1) is 0 Å². The Morgan fingerprint density at radius 3 is 2.65 bits per heavy atom. The van der Waals surface area contributed by atoms with Crippen LogP contribution in [-0.4, -0.2) is 54.3 Å². The normalized spacial score (nSPS) is 22.2. The molecule has 0 aliphatic carbocycles. The molecule has 9 heteroatoms. The molecule has 2 aliphatic heterocycles. The lowest BCUT2D eigenvalue weighted by molar-refractivity contribution is -0.383. The van der Waals surface area contributed by atoms with E-state index in [-0.39, 0.29) is 11.5 Å². The first-order chi connectivity index (χ1) is 11.1. The van der Waals surface area contributed by atoms with Gasteiger partial charge in [0.15, 0.2) is 0 Å². The molecular weight excluding hydrogens is 300 g/mol. The van der Waals surface area contributed by atoms with Gasteiger partial charge in [-0.3, -0.25) is 10.1 Å². The van der Waals surface area contributed by atoms with Crippen molar-refractivity contribution in [1.82, 2.24) is 9.97 Å². The molecule has 0 aromatic carbocycles. The van der Waals surface area contributed by atoms with E-state index in [4.69, 9.17) is 10.5 Å². The Kier molecular flexibility index (Phi) is 4.46. The fourth-order valence-corrected chi connectivity index (χ4v) is 3.13. The highest BCUT2D eigenvalue weighted by molar-refractivity contribution is 5.71. The minimum Gasteiger partial charge on any atom is -0.378 e. The number of piperidine rings is 1. The van der Waals surface area contributed by atoms with Crippen molar-refractivity contribution in [3.05, 3.63) is 10.1 Å². The quantitative estimate of drug-likeness (QED) is 0.649. The standard InChI is InChI=1S/C14H22N6O3/c1-10-3-2-4-19(9-10)13-11(20(21)22)12(15)16-14(17-13)18-5-7-23-8-6-18/h10H,2-9H2,1H3,(H2,15,16,17)/t10-/m0/s1. The molecule has 126 valence electrons. The molecule has 3 rings (SSSR count). The van der Waals surface area contributed by atoms with Crippen molar-refractivity contribution in [2.24, 2.45) is 5.92 Å². The Balaban J connectivity index is 1.99. The van der Waals surface area contributed by atoms with Gasteiger partial charge >= 0.3 is 5.69 Å². The number of hydrogen-bond donors (Lipinski definition) is 1. The van der Waals surface area contributed by atoms with Gasteiger partial charge in [0.25, 0.3) is 0 Å². The molecule has 0 spiro atoms. The van der Waals surface area contributed by atoms with Gasteiger partial charge in [-0.05, 0) is 18.8 Å². The van der Waals surface area contributed by atoms with E-state index >= 15 is 0 Å². The maximum Gasteiger partial charge on any atom is 0.353 e. The third-order valence-corrected chi connectivity index (χ3v) is 4.31. The van der Waals surface area contributed by atoms with Gasteiger partial charge in [0, 0.05) is 26.2 Å². The van der Waals surface area contributed by atoms with E-state index in [1.54, 1.807) is 0 Å². The number of rotatable bonds is 3. The maximum atomic E-state index is 11.4. The summed E-state index contributed by atoms with van der Waals surface area (Å²) in [5, 5.41) is 11.4. The van der Waals surface area contributed by atoms with Gasteiger partial charge in [0.2, 0.25) is 17.6 Å². The van der Waals surface area contributed by atoms with Crippen molar-refractivity contribution in [2.45, 2.75) is 19.8 Å². The number of aromatic nitrogens is 2. The van der Waals surface area contributed by atoms with Crippen LogP contribution in [0, 0.1) is 16.0 Å². The zero-order valence-electron chi connectivity index (χ0n) is 13.3. The summed E-state index contributed by atoms with van der Waals surface area (Å²) in [6.07, 6.45) is 2.12. The van der Waals surface area contributed by atoms with Crippen molar-refractivity contribution < 1.29 is 9.66 Å². The number of nitrogens with two attached hydrogens (primary N) is 1. The second kappa shape index (κ2) is 6.53. The molecule has 3 heterocycles. The van der Waals surface area contributed by atoms with Gasteiger partial charge in [-0.25, -0.2) is 0 Å². The first-order valence-electron chi connectivity index (χ1n) is 7.96. The topological polar surface area (TPSA) is 111 Å². The summed E-state index contributed by atoms with van der Waals surface area (Å²) in [5.74, 6) is 1.20. The van der Waals surface area contributed by atoms with Gasteiger partial charge < -0.3 is 20.3 Å². The number of nitrogen functional groups attached to an aromatic ring is 1. The lowest BCUT2D eigenvalue weighted by Gasteiger charge is -2.33. The zero-order chi connectivity index (χ0) is 16.4.